The highest BCUT2D eigenvalue weighted by Crippen LogP contribution is 2.29. The van der Waals surface area contributed by atoms with E-state index in [0.717, 1.165) is 31.1 Å². The third-order valence-corrected chi connectivity index (χ3v) is 4.85. The first-order valence-electron chi connectivity index (χ1n) is 7.82. The first kappa shape index (κ1) is 16.9. The van der Waals surface area contributed by atoms with Crippen LogP contribution in [0, 0.1) is 0 Å². The SMILES string of the molecule is CCN(CC)Cc1cc(SCc2ccccc2)ccc1OC. The molecule has 0 aliphatic rings. The van der Waals surface area contributed by atoms with Crippen LogP contribution in [-0.2, 0) is 12.3 Å². The first-order valence-corrected chi connectivity index (χ1v) is 8.81. The number of thioether (sulfide) groups is 1. The predicted octanol–water partition coefficient (Wildman–Crippen LogP) is 4.83. The Balaban J connectivity index is 2.09. The van der Waals surface area contributed by atoms with Crippen LogP contribution in [0.3, 0.4) is 0 Å². The second-order valence-corrected chi connectivity index (χ2v) is 6.26. The van der Waals surface area contributed by atoms with Gasteiger partial charge in [-0.2, -0.15) is 0 Å². The van der Waals surface area contributed by atoms with Gasteiger partial charge in [-0.15, -0.1) is 11.8 Å². The van der Waals surface area contributed by atoms with E-state index >= 15 is 0 Å². The van der Waals surface area contributed by atoms with Crippen LogP contribution in [0.1, 0.15) is 25.0 Å². The molecule has 0 saturated heterocycles. The minimum absolute atomic E-state index is 0.940. The van der Waals surface area contributed by atoms with Gasteiger partial charge in [0.1, 0.15) is 5.75 Å². The van der Waals surface area contributed by atoms with E-state index in [1.54, 1.807) is 7.11 Å². The molecule has 2 rings (SSSR count). The zero-order valence-electron chi connectivity index (χ0n) is 13.7. The zero-order valence-corrected chi connectivity index (χ0v) is 14.5. The Morgan fingerprint density at radius 2 is 1.73 bits per heavy atom. The molecule has 2 aromatic rings. The van der Waals surface area contributed by atoms with Gasteiger partial charge in [0.2, 0.25) is 0 Å². The van der Waals surface area contributed by atoms with Gasteiger partial charge < -0.3 is 4.74 Å². The van der Waals surface area contributed by atoms with Crippen LogP contribution in [0.4, 0.5) is 0 Å². The Labute approximate surface area is 138 Å². The normalized spacial score (nSPS) is 10.9. The monoisotopic (exact) mass is 315 g/mol. The quantitative estimate of drug-likeness (QED) is 0.647. The van der Waals surface area contributed by atoms with Crippen molar-refractivity contribution >= 4 is 11.8 Å². The number of hydrogen-bond donors (Lipinski definition) is 0. The number of rotatable bonds is 8. The van der Waals surface area contributed by atoms with Crippen molar-refractivity contribution < 1.29 is 4.74 Å². The molecule has 0 saturated carbocycles. The molecule has 0 heterocycles. The second kappa shape index (κ2) is 8.86. The van der Waals surface area contributed by atoms with Crippen molar-refractivity contribution in [2.45, 2.75) is 31.0 Å². The summed E-state index contributed by atoms with van der Waals surface area (Å²) in [6.07, 6.45) is 0. The number of hydrogen-bond acceptors (Lipinski definition) is 3. The van der Waals surface area contributed by atoms with Gasteiger partial charge in [-0.3, -0.25) is 4.90 Å². The van der Waals surface area contributed by atoms with E-state index in [1.807, 2.05) is 11.8 Å². The van der Waals surface area contributed by atoms with Crippen molar-refractivity contribution in [2.75, 3.05) is 20.2 Å². The van der Waals surface area contributed by atoms with Crippen LogP contribution in [0.15, 0.2) is 53.4 Å². The smallest absolute Gasteiger partial charge is 0.123 e. The lowest BCUT2D eigenvalue weighted by molar-refractivity contribution is 0.289. The number of methoxy groups -OCH3 is 1. The van der Waals surface area contributed by atoms with Crippen molar-refractivity contribution in [3.63, 3.8) is 0 Å². The number of ether oxygens (including phenoxy) is 1. The van der Waals surface area contributed by atoms with Gasteiger partial charge in [0, 0.05) is 22.8 Å². The molecule has 22 heavy (non-hydrogen) atoms. The fraction of sp³-hybridized carbons (Fsp3) is 0.368. The van der Waals surface area contributed by atoms with Crippen molar-refractivity contribution in [3.8, 4) is 5.75 Å². The van der Waals surface area contributed by atoms with Crippen molar-refractivity contribution in [2.24, 2.45) is 0 Å². The molecule has 0 spiro atoms. The van der Waals surface area contributed by atoms with E-state index in [-0.39, 0.29) is 0 Å². The first-order chi connectivity index (χ1) is 10.8. The van der Waals surface area contributed by atoms with E-state index in [0.29, 0.717) is 0 Å². The van der Waals surface area contributed by atoms with Crippen LogP contribution in [-0.4, -0.2) is 25.1 Å². The molecule has 0 radical (unpaired) electrons. The Morgan fingerprint density at radius 1 is 1.00 bits per heavy atom. The van der Waals surface area contributed by atoms with Crippen LogP contribution >= 0.6 is 11.8 Å². The Morgan fingerprint density at radius 3 is 2.36 bits per heavy atom. The van der Waals surface area contributed by atoms with Crippen molar-refractivity contribution in [3.05, 3.63) is 59.7 Å². The molecule has 2 aromatic carbocycles. The lowest BCUT2D eigenvalue weighted by Gasteiger charge is -2.20. The lowest BCUT2D eigenvalue weighted by atomic mass is 10.2. The fourth-order valence-electron chi connectivity index (χ4n) is 2.40. The standard InChI is InChI=1S/C19H25NOS/c1-4-20(5-2)14-17-13-18(11-12-19(17)21-3)22-15-16-9-7-6-8-10-16/h6-13H,4-5,14-15H2,1-3H3. The topological polar surface area (TPSA) is 12.5 Å². The maximum absolute atomic E-state index is 5.52. The van der Waals surface area contributed by atoms with Gasteiger partial charge in [-0.05, 0) is 36.9 Å². The van der Waals surface area contributed by atoms with Crippen molar-refractivity contribution in [1.82, 2.24) is 4.90 Å². The molecule has 0 amide bonds. The van der Waals surface area contributed by atoms with Gasteiger partial charge in [0.25, 0.3) is 0 Å². The van der Waals surface area contributed by atoms with Gasteiger partial charge >= 0.3 is 0 Å². The molecular formula is C19H25NOS. The summed E-state index contributed by atoms with van der Waals surface area (Å²) in [4.78, 5) is 3.70. The Hall–Kier alpha value is -1.45. The van der Waals surface area contributed by atoms with Crippen LogP contribution in [0.5, 0.6) is 5.75 Å². The predicted molar refractivity (Wildman–Crippen MR) is 95.6 cm³/mol. The highest BCUT2D eigenvalue weighted by molar-refractivity contribution is 7.98. The largest absolute Gasteiger partial charge is 0.496 e. The molecule has 3 heteroatoms. The molecule has 0 aliphatic heterocycles. The summed E-state index contributed by atoms with van der Waals surface area (Å²) in [5.41, 5.74) is 2.62. The molecule has 0 atom stereocenters. The summed E-state index contributed by atoms with van der Waals surface area (Å²) in [6, 6.07) is 17.1. The Kier molecular flexibility index (Phi) is 6.81. The minimum atomic E-state index is 0.940. The summed E-state index contributed by atoms with van der Waals surface area (Å²) in [5.74, 6) is 1.98. The average molecular weight is 315 g/mol. The van der Waals surface area contributed by atoms with Crippen LogP contribution in [0.2, 0.25) is 0 Å². The van der Waals surface area contributed by atoms with Gasteiger partial charge in [0.15, 0.2) is 0 Å². The second-order valence-electron chi connectivity index (χ2n) is 5.21. The van der Waals surface area contributed by atoms with Gasteiger partial charge in [-0.25, -0.2) is 0 Å². The summed E-state index contributed by atoms with van der Waals surface area (Å²) < 4.78 is 5.52. The van der Waals surface area contributed by atoms with Crippen LogP contribution in [0.25, 0.3) is 0 Å². The highest BCUT2D eigenvalue weighted by atomic mass is 32.2. The molecule has 0 unspecified atom stereocenters. The molecular weight excluding hydrogens is 290 g/mol. The maximum atomic E-state index is 5.52. The zero-order chi connectivity index (χ0) is 15.8. The maximum Gasteiger partial charge on any atom is 0.123 e. The van der Waals surface area contributed by atoms with E-state index in [9.17, 15) is 0 Å². The molecule has 0 fully saturated rings. The van der Waals surface area contributed by atoms with Crippen LogP contribution < -0.4 is 4.74 Å². The lowest BCUT2D eigenvalue weighted by Crippen LogP contribution is -2.22. The molecule has 0 aromatic heterocycles. The molecule has 0 aliphatic carbocycles. The summed E-state index contributed by atoms with van der Waals surface area (Å²) >= 11 is 1.88. The van der Waals surface area contributed by atoms with Crippen molar-refractivity contribution in [1.29, 1.82) is 0 Å². The minimum Gasteiger partial charge on any atom is -0.496 e. The van der Waals surface area contributed by atoms with E-state index in [1.165, 1.54) is 16.0 Å². The van der Waals surface area contributed by atoms with Gasteiger partial charge in [0.05, 0.1) is 7.11 Å². The molecule has 0 bridgehead atoms. The van der Waals surface area contributed by atoms with Gasteiger partial charge in [-0.1, -0.05) is 44.2 Å². The molecule has 0 N–H and O–H groups in total. The fourth-order valence-corrected chi connectivity index (χ4v) is 3.31. The molecule has 118 valence electrons. The summed E-state index contributed by atoms with van der Waals surface area (Å²) in [5, 5.41) is 0. The summed E-state index contributed by atoms with van der Waals surface area (Å²) in [7, 11) is 1.75. The number of nitrogens with zero attached hydrogens (tertiary/aromatic N) is 1. The number of benzene rings is 2. The third kappa shape index (κ3) is 4.79. The highest BCUT2D eigenvalue weighted by Gasteiger charge is 2.09. The average Bonchev–Trinajstić information content (AvgIpc) is 2.58. The van der Waals surface area contributed by atoms with E-state index < -0.39 is 0 Å². The van der Waals surface area contributed by atoms with E-state index in [2.05, 4.69) is 67.3 Å². The third-order valence-electron chi connectivity index (χ3n) is 3.79. The van der Waals surface area contributed by atoms with E-state index in [4.69, 9.17) is 4.74 Å². The summed E-state index contributed by atoms with van der Waals surface area (Å²) in [6.45, 7) is 7.45. The molecule has 2 nitrogen and oxygen atoms in total. The Bertz CT molecular complexity index is 567.